The van der Waals surface area contributed by atoms with Gasteiger partial charge in [-0.3, -0.25) is 5.32 Å². The van der Waals surface area contributed by atoms with Crippen LogP contribution in [0, 0.1) is 0 Å². The number of carbonyl (C=O) groups is 1. The normalized spacial score (nSPS) is 11.0. The number of carbonyl (C=O) groups excluding carboxylic acids is 1. The molecule has 0 aliphatic rings. The van der Waals surface area contributed by atoms with Crippen LogP contribution >= 0.6 is 15.9 Å². The summed E-state index contributed by atoms with van der Waals surface area (Å²) in [5.41, 5.74) is 1.24. The number of benzene rings is 1. The van der Waals surface area contributed by atoms with Gasteiger partial charge in [0.15, 0.2) is 0 Å². The lowest BCUT2D eigenvalue weighted by Crippen LogP contribution is -2.27. The van der Waals surface area contributed by atoms with E-state index in [1.165, 1.54) is 0 Å². The Morgan fingerprint density at radius 3 is 2.58 bits per heavy atom. The molecule has 0 heterocycles. The molecule has 0 radical (unpaired) electrons. The SMILES string of the molecule is COc1cc(NC(=O)OC(C)(C)C)ccc1CCBr. The van der Waals surface area contributed by atoms with E-state index < -0.39 is 11.7 Å². The van der Waals surface area contributed by atoms with E-state index in [1.54, 1.807) is 13.2 Å². The van der Waals surface area contributed by atoms with E-state index in [4.69, 9.17) is 9.47 Å². The summed E-state index contributed by atoms with van der Waals surface area (Å²) in [5, 5.41) is 3.55. The molecule has 106 valence electrons. The van der Waals surface area contributed by atoms with Crippen LogP contribution in [0.25, 0.3) is 0 Å². The fourth-order valence-corrected chi connectivity index (χ4v) is 1.98. The molecule has 0 saturated carbocycles. The monoisotopic (exact) mass is 329 g/mol. The van der Waals surface area contributed by atoms with Crippen LogP contribution in [0.4, 0.5) is 10.5 Å². The summed E-state index contributed by atoms with van der Waals surface area (Å²) in [6.07, 6.45) is 0.401. The van der Waals surface area contributed by atoms with Crippen molar-refractivity contribution in [3.8, 4) is 5.75 Å². The topological polar surface area (TPSA) is 47.6 Å². The second kappa shape index (κ2) is 6.80. The zero-order valence-electron chi connectivity index (χ0n) is 11.7. The van der Waals surface area contributed by atoms with Gasteiger partial charge in [-0.1, -0.05) is 22.0 Å². The first-order chi connectivity index (χ1) is 8.85. The number of alkyl halides is 1. The van der Waals surface area contributed by atoms with Crippen molar-refractivity contribution < 1.29 is 14.3 Å². The third-order valence-corrected chi connectivity index (χ3v) is 2.69. The van der Waals surface area contributed by atoms with Gasteiger partial charge in [0.25, 0.3) is 0 Å². The predicted octanol–water partition coefficient (Wildman–Crippen LogP) is 3.98. The molecule has 0 bridgehead atoms. The fraction of sp³-hybridized carbons (Fsp3) is 0.500. The van der Waals surface area contributed by atoms with E-state index in [0.29, 0.717) is 5.69 Å². The number of nitrogens with one attached hydrogen (secondary N) is 1. The summed E-state index contributed by atoms with van der Waals surface area (Å²) in [5.74, 6) is 0.757. The van der Waals surface area contributed by atoms with E-state index in [0.717, 1.165) is 23.1 Å². The molecule has 1 N–H and O–H groups in total. The van der Waals surface area contributed by atoms with Gasteiger partial charge in [-0.05, 0) is 38.8 Å². The molecule has 0 unspecified atom stereocenters. The Balaban J connectivity index is 2.77. The maximum Gasteiger partial charge on any atom is 0.412 e. The Morgan fingerprint density at radius 2 is 2.05 bits per heavy atom. The lowest BCUT2D eigenvalue weighted by atomic mass is 10.1. The summed E-state index contributed by atoms with van der Waals surface area (Å²) in [7, 11) is 1.62. The summed E-state index contributed by atoms with van der Waals surface area (Å²) in [4.78, 5) is 11.7. The molecule has 19 heavy (non-hydrogen) atoms. The first kappa shape index (κ1) is 15.8. The number of amides is 1. The molecule has 5 heteroatoms. The second-order valence-electron chi connectivity index (χ2n) is 5.09. The predicted molar refractivity (Wildman–Crippen MR) is 80.3 cm³/mol. The van der Waals surface area contributed by atoms with Crippen molar-refractivity contribution in [2.24, 2.45) is 0 Å². The number of ether oxygens (including phenoxy) is 2. The lowest BCUT2D eigenvalue weighted by molar-refractivity contribution is 0.0636. The highest BCUT2D eigenvalue weighted by Crippen LogP contribution is 2.24. The molecule has 0 fully saturated rings. The molecule has 0 saturated heterocycles. The van der Waals surface area contributed by atoms with Crippen molar-refractivity contribution in [1.29, 1.82) is 0 Å². The van der Waals surface area contributed by atoms with E-state index in [9.17, 15) is 4.79 Å². The van der Waals surface area contributed by atoms with Crippen molar-refractivity contribution in [2.75, 3.05) is 17.8 Å². The Kier molecular flexibility index (Phi) is 5.66. The minimum absolute atomic E-state index is 0.470. The number of halogens is 1. The van der Waals surface area contributed by atoms with Crippen LogP contribution in [0.1, 0.15) is 26.3 Å². The molecular weight excluding hydrogens is 310 g/mol. The molecule has 0 aliphatic carbocycles. The van der Waals surface area contributed by atoms with Crippen molar-refractivity contribution in [1.82, 2.24) is 0 Å². The van der Waals surface area contributed by atoms with Crippen molar-refractivity contribution >= 4 is 27.7 Å². The zero-order valence-corrected chi connectivity index (χ0v) is 13.3. The maximum atomic E-state index is 11.7. The average Bonchev–Trinajstić information content (AvgIpc) is 2.28. The average molecular weight is 330 g/mol. The molecule has 1 aromatic carbocycles. The van der Waals surface area contributed by atoms with Crippen LogP contribution < -0.4 is 10.1 Å². The van der Waals surface area contributed by atoms with Crippen LogP contribution in [-0.2, 0) is 11.2 Å². The number of aryl methyl sites for hydroxylation is 1. The van der Waals surface area contributed by atoms with Gasteiger partial charge in [-0.2, -0.15) is 0 Å². The summed E-state index contributed by atoms with van der Waals surface area (Å²) in [6.45, 7) is 5.48. The third kappa shape index (κ3) is 5.51. The third-order valence-electron chi connectivity index (χ3n) is 2.30. The van der Waals surface area contributed by atoms with Crippen LogP contribution in [0.3, 0.4) is 0 Å². The van der Waals surface area contributed by atoms with Gasteiger partial charge < -0.3 is 9.47 Å². The molecule has 0 atom stereocenters. The first-order valence-corrected chi connectivity index (χ1v) is 7.21. The Hall–Kier alpha value is -1.23. The highest BCUT2D eigenvalue weighted by Gasteiger charge is 2.16. The van der Waals surface area contributed by atoms with Gasteiger partial charge in [0.05, 0.1) is 7.11 Å². The van der Waals surface area contributed by atoms with Crippen LogP contribution in [-0.4, -0.2) is 24.1 Å². The number of anilines is 1. The molecule has 4 nitrogen and oxygen atoms in total. The van der Waals surface area contributed by atoms with Crippen LogP contribution in [0.2, 0.25) is 0 Å². The van der Waals surface area contributed by atoms with Crippen molar-refractivity contribution in [3.05, 3.63) is 23.8 Å². The van der Waals surface area contributed by atoms with Gasteiger partial charge in [0.2, 0.25) is 0 Å². The minimum Gasteiger partial charge on any atom is -0.496 e. The van der Waals surface area contributed by atoms with E-state index >= 15 is 0 Å². The number of rotatable bonds is 4. The van der Waals surface area contributed by atoms with Crippen LogP contribution in [0.5, 0.6) is 5.75 Å². The summed E-state index contributed by atoms with van der Waals surface area (Å²) < 4.78 is 10.5. The minimum atomic E-state index is -0.510. The molecule has 1 amide bonds. The highest BCUT2D eigenvalue weighted by molar-refractivity contribution is 9.09. The molecule has 0 aromatic heterocycles. The molecule has 0 spiro atoms. The largest absolute Gasteiger partial charge is 0.496 e. The summed E-state index contributed by atoms with van der Waals surface area (Å²) in [6, 6.07) is 5.57. The van der Waals surface area contributed by atoms with Gasteiger partial charge >= 0.3 is 6.09 Å². The summed E-state index contributed by atoms with van der Waals surface area (Å²) >= 11 is 3.40. The zero-order chi connectivity index (χ0) is 14.5. The van der Waals surface area contributed by atoms with E-state index in [1.807, 2.05) is 32.9 Å². The van der Waals surface area contributed by atoms with Gasteiger partial charge in [-0.15, -0.1) is 0 Å². The Morgan fingerprint density at radius 1 is 1.37 bits per heavy atom. The fourth-order valence-electron chi connectivity index (χ4n) is 1.55. The Labute approximate surface area is 122 Å². The molecule has 0 aliphatic heterocycles. The van der Waals surface area contributed by atoms with Gasteiger partial charge in [-0.25, -0.2) is 4.79 Å². The number of methoxy groups -OCH3 is 1. The van der Waals surface area contributed by atoms with Crippen LogP contribution in [0.15, 0.2) is 18.2 Å². The number of hydrogen-bond acceptors (Lipinski definition) is 3. The van der Waals surface area contributed by atoms with Gasteiger partial charge in [0.1, 0.15) is 11.4 Å². The van der Waals surface area contributed by atoms with E-state index in [-0.39, 0.29) is 0 Å². The van der Waals surface area contributed by atoms with Crippen molar-refractivity contribution in [3.63, 3.8) is 0 Å². The standard InChI is InChI=1S/C14H20BrNO3/c1-14(2,3)19-13(17)16-11-6-5-10(7-8-15)12(9-11)18-4/h5-6,9H,7-8H2,1-4H3,(H,16,17). The first-order valence-electron chi connectivity index (χ1n) is 6.08. The van der Waals surface area contributed by atoms with E-state index in [2.05, 4.69) is 21.2 Å². The molecule has 1 aromatic rings. The quantitative estimate of drug-likeness (QED) is 0.850. The molecular formula is C14H20BrNO3. The smallest absolute Gasteiger partial charge is 0.412 e. The van der Waals surface area contributed by atoms with Gasteiger partial charge in [0, 0.05) is 17.1 Å². The maximum absolute atomic E-state index is 11.7. The van der Waals surface area contributed by atoms with Crippen molar-refractivity contribution in [2.45, 2.75) is 32.8 Å². The molecule has 1 rings (SSSR count). The highest BCUT2D eigenvalue weighted by atomic mass is 79.9. The number of hydrogen-bond donors (Lipinski definition) is 1. The lowest BCUT2D eigenvalue weighted by Gasteiger charge is -2.20. The Bertz CT molecular complexity index is 441. The second-order valence-corrected chi connectivity index (χ2v) is 5.89.